The Kier molecular flexibility index (Phi) is 4.79. The molecule has 138 valence electrons. The minimum absolute atomic E-state index is 0.101. The zero-order valence-electron chi connectivity index (χ0n) is 14.3. The minimum Gasteiger partial charge on any atom is -0.510 e. The van der Waals surface area contributed by atoms with Crippen molar-refractivity contribution in [3.8, 4) is 11.3 Å². The summed E-state index contributed by atoms with van der Waals surface area (Å²) in [5.74, 6) is 0.328. The van der Waals surface area contributed by atoms with Crippen molar-refractivity contribution in [2.45, 2.75) is 32.5 Å². The summed E-state index contributed by atoms with van der Waals surface area (Å²) in [6.07, 6.45) is -3.53. The minimum atomic E-state index is -4.37. The number of aliphatic hydroxyl groups excluding tert-OH is 1. The molecule has 2 heterocycles. The lowest BCUT2D eigenvalue weighted by Gasteiger charge is -2.25. The number of hydrogen-bond donors (Lipinski definition) is 2. The molecule has 0 spiro atoms. The van der Waals surface area contributed by atoms with Gasteiger partial charge in [0.2, 0.25) is 0 Å². The van der Waals surface area contributed by atoms with Crippen LogP contribution in [0.4, 0.5) is 13.2 Å². The van der Waals surface area contributed by atoms with E-state index in [9.17, 15) is 18.3 Å². The molecule has 0 fully saturated rings. The van der Waals surface area contributed by atoms with Crippen molar-refractivity contribution in [2.24, 2.45) is 0 Å². The quantitative estimate of drug-likeness (QED) is 0.766. The average molecular weight is 381 g/mol. The van der Waals surface area contributed by atoms with Gasteiger partial charge in [-0.05, 0) is 25.5 Å². The van der Waals surface area contributed by atoms with Crippen LogP contribution < -0.4 is 0 Å². The maximum absolute atomic E-state index is 12.7. The first kappa shape index (κ1) is 18.4. The van der Waals surface area contributed by atoms with Crippen LogP contribution in [0.2, 0.25) is 0 Å². The Morgan fingerprint density at radius 2 is 1.96 bits per heavy atom. The summed E-state index contributed by atoms with van der Waals surface area (Å²) in [4.78, 5) is 6.24. The molecule has 1 aromatic heterocycles. The molecule has 0 amide bonds. The van der Waals surface area contributed by atoms with Crippen molar-refractivity contribution >= 4 is 22.7 Å². The predicted octanol–water partition coefficient (Wildman–Crippen LogP) is 5.19. The Labute approximate surface area is 153 Å². The number of alkyl halides is 3. The molecule has 1 aromatic carbocycles. The van der Waals surface area contributed by atoms with E-state index in [1.807, 2.05) is 18.7 Å². The highest BCUT2D eigenvalue weighted by atomic mass is 32.1. The highest BCUT2D eigenvalue weighted by molar-refractivity contribution is 7.11. The van der Waals surface area contributed by atoms with Crippen LogP contribution in [0.3, 0.4) is 0 Å². The zero-order valence-corrected chi connectivity index (χ0v) is 15.1. The molecule has 0 saturated carbocycles. The molecule has 26 heavy (non-hydrogen) atoms. The van der Waals surface area contributed by atoms with Crippen molar-refractivity contribution in [1.82, 2.24) is 9.88 Å². The average Bonchev–Trinajstić information content (AvgIpc) is 3.18. The van der Waals surface area contributed by atoms with E-state index in [4.69, 9.17) is 5.41 Å². The monoisotopic (exact) mass is 381 g/mol. The second-order valence-electron chi connectivity index (χ2n) is 6.17. The van der Waals surface area contributed by atoms with E-state index in [0.29, 0.717) is 21.8 Å². The van der Waals surface area contributed by atoms with Gasteiger partial charge in [0, 0.05) is 17.0 Å². The van der Waals surface area contributed by atoms with Gasteiger partial charge in [0.25, 0.3) is 0 Å². The van der Waals surface area contributed by atoms with Crippen molar-refractivity contribution < 1.29 is 18.3 Å². The third-order valence-electron chi connectivity index (χ3n) is 4.48. The fraction of sp³-hybridized carbons (Fsp3) is 0.333. The van der Waals surface area contributed by atoms with Crippen LogP contribution in [0.25, 0.3) is 16.8 Å². The SMILES string of the molecule is CC[C@@H](C)N1CC(O)=C(c2nc(-c3ccc(C(F)(F)F)cc3)cs2)C1=N. The van der Waals surface area contributed by atoms with Gasteiger partial charge in [-0.25, -0.2) is 4.98 Å². The van der Waals surface area contributed by atoms with Crippen molar-refractivity contribution in [3.05, 3.63) is 46.0 Å². The van der Waals surface area contributed by atoms with Gasteiger partial charge in [-0.1, -0.05) is 19.1 Å². The highest BCUT2D eigenvalue weighted by Gasteiger charge is 2.33. The summed E-state index contributed by atoms with van der Waals surface area (Å²) in [6, 6.07) is 4.92. The molecule has 0 bridgehead atoms. The van der Waals surface area contributed by atoms with E-state index < -0.39 is 11.7 Å². The van der Waals surface area contributed by atoms with Crippen LogP contribution in [0.1, 0.15) is 30.8 Å². The number of rotatable bonds is 4. The van der Waals surface area contributed by atoms with Crippen LogP contribution >= 0.6 is 11.3 Å². The summed E-state index contributed by atoms with van der Waals surface area (Å²) in [5.41, 5.74) is 0.769. The first-order chi connectivity index (χ1) is 12.2. The van der Waals surface area contributed by atoms with Crippen molar-refractivity contribution in [1.29, 1.82) is 5.41 Å². The third-order valence-corrected chi connectivity index (χ3v) is 5.34. The zero-order chi connectivity index (χ0) is 19.1. The Bertz CT molecular complexity index is 855. The number of nitrogens with zero attached hydrogens (tertiary/aromatic N) is 2. The molecule has 1 atom stereocenters. The lowest BCUT2D eigenvalue weighted by Crippen LogP contribution is -2.34. The lowest BCUT2D eigenvalue weighted by molar-refractivity contribution is -0.137. The molecule has 8 heteroatoms. The largest absolute Gasteiger partial charge is 0.510 e. The number of aromatic nitrogens is 1. The molecule has 2 N–H and O–H groups in total. The van der Waals surface area contributed by atoms with Crippen molar-refractivity contribution in [2.75, 3.05) is 6.54 Å². The van der Waals surface area contributed by atoms with Gasteiger partial charge in [0.05, 0.1) is 23.4 Å². The smallest absolute Gasteiger partial charge is 0.416 e. The van der Waals surface area contributed by atoms with Gasteiger partial charge in [0.1, 0.15) is 16.6 Å². The van der Waals surface area contributed by atoms with Gasteiger partial charge in [-0.15, -0.1) is 11.3 Å². The summed E-state index contributed by atoms with van der Waals surface area (Å²) in [5, 5.41) is 20.8. The van der Waals surface area contributed by atoms with Crippen LogP contribution in [0, 0.1) is 5.41 Å². The summed E-state index contributed by atoms with van der Waals surface area (Å²) in [7, 11) is 0. The van der Waals surface area contributed by atoms with E-state index in [2.05, 4.69) is 4.98 Å². The molecule has 4 nitrogen and oxygen atoms in total. The third kappa shape index (κ3) is 3.33. The molecule has 1 aliphatic heterocycles. The predicted molar refractivity (Wildman–Crippen MR) is 96.3 cm³/mol. The molecular weight excluding hydrogens is 363 g/mol. The number of halogens is 3. The Hall–Kier alpha value is -2.35. The normalized spacial score (nSPS) is 16.5. The lowest BCUT2D eigenvalue weighted by atomic mass is 10.1. The van der Waals surface area contributed by atoms with Crippen LogP contribution in [-0.4, -0.2) is 33.4 Å². The number of benzene rings is 1. The Balaban J connectivity index is 1.86. The molecular formula is C18H18F3N3OS. The fourth-order valence-corrected chi connectivity index (χ4v) is 3.67. The number of hydrogen-bond acceptors (Lipinski definition) is 4. The van der Waals surface area contributed by atoms with E-state index >= 15 is 0 Å². The Morgan fingerprint density at radius 1 is 1.31 bits per heavy atom. The van der Waals surface area contributed by atoms with E-state index in [-0.39, 0.29) is 24.2 Å². The second kappa shape index (κ2) is 6.75. The van der Waals surface area contributed by atoms with E-state index in [1.54, 1.807) is 5.38 Å². The molecule has 0 aliphatic carbocycles. The number of nitrogens with one attached hydrogen (secondary N) is 1. The summed E-state index contributed by atoms with van der Waals surface area (Å²) in [6.45, 7) is 4.28. The molecule has 0 saturated heterocycles. The number of amidine groups is 1. The first-order valence-corrected chi connectivity index (χ1v) is 9.01. The maximum Gasteiger partial charge on any atom is 0.416 e. The summed E-state index contributed by atoms with van der Waals surface area (Å²) < 4.78 is 38.0. The second-order valence-corrected chi connectivity index (χ2v) is 7.03. The maximum atomic E-state index is 12.7. The molecule has 3 rings (SSSR count). The van der Waals surface area contributed by atoms with Crippen LogP contribution in [0.5, 0.6) is 0 Å². The van der Waals surface area contributed by atoms with Gasteiger partial charge in [0.15, 0.2) is 0 Å². The van der Waals surface area contributed by atoms with E-state index in [0.717, 1.165) is 18.6 Å². The number of thiazole rings is 1. The molecule has 1 aliphatic rings. The Morgan fingerprint density at radius 3 is 2.54 bits per heavy atom. The molecule has 0 radical (unpaired) electrons. The fourth-order valence-electron chi connectivity index (χ4n) is 2.77. The number of aliphatic hydroxyl groups is 1. The van der Waals surface area contributed by atoms with Gasteiger partial charge < -0.3 is 10.0 Å². The highest BCUT2D eigenvalue weighted by Crippen LogP contribution is 2.34. The standard InChI is InChI=1S/C18H18F3N3OS/c1-3-10(2)24-8-14(25)15(16(24)22)17-23-13(9-26-17)11-4-6-12(7-5-11)18(19,20)21/h4-7,9-10,22,25H,3,8H2,1-2H3/t10-/m1/s1. The molecule has 0 unspecified atom stereocenters. The van der Waals surface area contributed by atoms with E-state index in [1.165, 1.54) is 23.5 Å². The van der Waals surface area contributed by atoms with Gasteiger partial charge >= 0.3 is 6.18 Å². The van der Waals surface area contributed by atoms with Gasteiger partial charge in [-0.2, -0.15) is 13.2 Å². The van der Waals surface area contributed by atoms with Crippen LogP contribution in [0.15, 0.2) is 35.4 Å². The first-order valence-electron chi connectivity index (χ1n) is 8.13. The summed E-state index contributed by atoms with van der Waals surface area (Å²) >= 11 is 1.26. The molecule has 2 aromatic rings. The van der Waals surface area contributed by atoms with Crippen molar-refractivity contribution in [3.63, 3.8) is 0 Å². The topological polar surface area (TPSA) is 60.2 Å². The van der Waals surface area contributed by atoms with Crippen LogP contribution in [-0.2, 0) is 6.18 Å². The van der Waals surface area contributed by atoms with Gasteiger partial charge in [-0.3, -0.25) is 5.41 Å².